The summed E-state index contributed by atoms with van der Waals surface area (Å²) in [6.07, 6.45) is 0. The van der Waals surface area contributed by atoms with Gasteiger partial charge in [-0.25, -0.2) is 9.37 Å². The summed E-state index contributed by atoms with van der Waals surface area (Å²) in [4.78, 5) is 34.1. The maximum absolute atomic E-state index is 13.4. The number of amides is 2. The third kappa shape index (κ3) is 6.94. The second-order valence-electron chi connectivity index (χ2n) is 10.3. The van der Waals surface area contributed by atoms with Gasteiger partial charge in [0.15, 0.2) is 11.5 Å². The Kier molecular flexibility index (Phi) is 8.48. The zero-order valence-corrected chi connectivity index (χ0v) is 25.0. The molecule has 0 fully saturated rings. The number of rotatable bonds is 9. The fraction of sp³-hybridized carbons (Fsp3) is 0.286. The number of hydrogen-bond donors (Lipinski definition) is 3. The van der Waals surface area contributed by atoms with Gasteiger partial charge in [-0.2, -0.15) is 13.4 Å². The van der Waals surface area contributed by atoms with Gasteiger partial charge in [-0.05, 0) is 63.4 Å². The Morgan fingerprint density at radius 2 is 1.63 bits per heavy atom. The Labute approximate surface area is 246 Å². The normalized spacial score (nSPS) is 11.7. The monoisotopic (exact) mass is 612 g/mol. The third-order valence-electron chi connectivity index (χ3n) is 6.18. The standard InChI is InChI=1S/C28H29FN6O7S/c1-14-11-15(2)22(16(3)12-14)43(39,40)42-25-21(36)20(23(37)30-13-18-7-9-19(29)10-8-18)31-27(32-25)28(5,6)33-24(38)26-35-34-17(4)41-26/h7-12,36H,13H2,1-6H3,(H,30,37)(H,33,38). The fourth-order valence-electron chi connectivity index (χ4n) is 4.29. The minimum Gasteiger partial charge on any atom is -0.501 e. The minimum atomic E-state index is -4.58. The Morgan fingerprint density at radius 3 is 2.21 bits per heavy atom. The van der Waals surface area contributed by atoms with Crippen LogP contribution >= 0.6 is 0 Å². The van der Waals surface area contributed by atoms with Crippen LogP contribution in [0.3, 0.4) is 0 Å². The average molecular weight is 613 g/mol. The molecule has 3 N–H and O–H groups in total. The number of aromatic hydroxyl groups is 1. The number of aryl methyl sites for hydroxylation is 4. The number of aromatic nitrogens is 4. The molecule has 0 aliphatic rings. The van der Waals surface area contributed by atoms with Gasteiger partial charge < -0.3 is 24.3 Å². The van der Waals surface area contributed by atoms with Gasteiger partial charge >= 0.3 is 21.9 Å². The van der Waals surface area contributed by atoms with Crippen molar-refractivity contribution in [1.82, 2.24) is 30.8 Å². The van der Waals surface area contributed by atoms with Crippen molar-refractivity contribution >= 4 is 21.9 Å². The summed E-state index contributed by atoms with van der Waals surface area (Å²) >= 11 is 0. The second kappa shape index (κ2) is 11.8. The van der Waals surface area contributed by atoms with Gasteiger partial charge in [0.05, 0.1) is 5.54 Å². The number of halogens is 1. The van der Waals surface area contributed by atoms with Crippen molar-refractivity contribution in [2.24, 2.45) is 0 Å². The topological polar surface area (TPSA) is 186 Å². The van der Waals surface area contributed by atoms with Gasteiger partial charge in [0.25, 0.3) is 11.8 Å². The lowest BCUT2D eigenvalue weighted by Crippen LogP contribution is -2.43. The number of nitrogens with one attached hydrogen (secondary N) is 2. The van der Waals surface area contributed by atoms with Crippen molar-refractivity contribution in [3.63, 3.8) is 0 Å². The van der Waals surface area contributed by atoms with Gasteiger partial charge in [-0.3, -0.25) is 9.59 Å². The van der Waals surface area contributed by atoms with Crippen molar-refractivity contribution in [1.29, 1.82) is 0 Å². The first-order valence-corrected chi connectivity index (χ1v) is 14.3. The second-order valence-corrected chi connectivity index (χ2v) is 11.8. The molecule has 0 spiro atoms. The number of carbonyl (C=O) groups excluding carboxylic acids is 2. The smallest absolute Gasteiger partial charge is 0.341 e. The molecule has 0 aliphatic heterocycles. The van der Waals surface area contributed by atoms with Crippen LogP contribution in [0.25, 0.3) is 0 Å². The van der Waals surface area contributed by atoms with Crippen LogP contribution < -0.4 is 14.8 Å². The summed E-state index contributed by atoms with van der Waals surface area (Å²) in [7, 11) is -4.58. The molecule has 2 heterocycles. The highest BCUT2D eigenvalue weighted by molar-refractivity contribution is 7.87. The van der Waals surface area contributed by atoms with Crippen LogP contribution in [0.5, 0.6) is 11.6 Å². The summed E-state index contributed by atoms with van der Waals surface area (Å²) < 4.78 is 50.6. The highest BCUT2D eigenvalue weighted by Gasteiger charge is 2.34. The Balaban J connectivity index is 1.75. The molecule has 15 heteroatoms. The van der Waals surface area contributed by atoms with Crippen molar-refractivity contribution in [2.45, 2.75) is 58.5 Å². The zero-order chi connectivity index (χ0) is 31.7. The van der Waals surface area contributed by atoms with Crippen LogP contribution in [0.4, 0.5) is 4.39 Å². The summed E-state index contributed by atoms with van der Waals surface area (Å²) in [6, 6.07) is 8.63. The lowest BCUT2D eigenvalue weighted by atomic mass is 10.0. The Morgan fingerprint density at radius 1 is 1.00 bits per heavy atom. The highest BCUT2D eigenvalue weighted by atomic mass is 32.2. The molecule has 0 saturated heterocycles. The van der Waals surface area contributed by atoms with Crippen molar-refractivity contribution in [2.75, 3.05) is 0 Å². The molecule has 0 atom stereocenters. The van der Waals surface area contributed by atoms with E-state index in [2.05, 4.69) is 30.8 Å². The zero-order valence-electron chi connectivity index (χ0n) is 24.1. The van der Waals surface area contributed by atoms with E-state index in [9.17, 15) is 27.5 Å². The Bertz CT molecular complexity index is 1800. The molecular weight excluding hydrogens is 583 g/mol. The lowest BCUT2D eigenvalue weighted by Gasteiger charge is -2.25. The summed E-state index contributed by atoms with van der Waals surface area (Å²) in [5.74, 6) is -4.49. The molecule has 13 nitrogen and oxygen atoms in total. The molecule has 2 aromatic heterocycles. The molecule has 0 unspecified atom stereocenters. The van der Waals surface area contributed by atoms with Gasteiger partial charge in [0, 0.05) is 13.5 Å². The average Bonchev–Trinajstić information content (AvgIpc) is 3.34. The lowest BCUT2D eigenvalue weighted by molar-refractivity contribution is 0.0870. The van der Waals surface area contributed by atoms with Crippen molar-refractivity contribution < 1.29 is 36.1 Å². The molecule has 4 aromatic rings. The predicted molar refractivity (Wildman–Crippen MR) is 149 cm³/mol. The summed E-state index contributed by atoms with van der Waals surface area (Å²) in [6.45, 7) is 9.34. The van der Waals surface area contributed by atoms with Gasteiger partial charge in [0.2, 0.25) is 11.6 Å². The van der Waals surface area contributed by atoms with Crippen LogP contribution in [0.15, 0.2) is 45.7 Å². The molecule has 0 saturated carbocycles. The minimum absolute atomic E-state index is 0.0786. The first-order valence-electron chi connectivity index (χ1n) is 12.9. The quantitative estimate of drug-likeness (QED) is 0.235. The largest absolute Gasteiger partial charge is 0.501 e. The van der Waals surface area contributed by atoms with Crippen LogP contribution in [0, 0.1) is 33.5 Å². The summed E-state index contributed by atoms with van der Waals surface area (Å²) in [5, 5.41) is 23.4. The number of carbonyl (C=O) groups is 2. The van der Waals surface area contributed by atoms with E-state index in [1.165, 1.54) is 45.0 Å². The Hall–Kier alpha value is -4.92. The SMILES string of the molecule is Cc1cc(C)c(S(=O)(=O)Oc2nc(C(C)(C)NC(=O)c3nnc(C)o3)nc(C(=O)NCc3ccc(F)cc3)c2O)c(C)c1. The first kappa shape index (κ1) is 31.0. The van der Waals surface area contributed by atoms with E-state index in [1.54, 1.807) is 26.0 Å². The maximum atomic E-state index is 13.4. The molecule has 0 radical (unpaired) electrons. The number of nitrogens with zero attached hydrogens (tertiary/aromatic N) is 4. The van der Waals surface area contributed by atoms with E-state index in [0.717, 1.165) is 5.56 Å². The highest BCUT2D eigenvalue weighted by Crippen LogP contribution is 2.33. The predicted octanol–water partition coefficient (Wildman–Crippen LogP) is 3.30. The fourth-order valence-corrected chi connectivity index (χ4v) is 5.60. The van der Waals surface area contributed by atoms with E-state index < -0.39 is 50.6 Å². The molecule has 2 amide bonds. The maximum Gasteiger partial charge on any atom is 0.341 e. The van der Waals surface area contributed by atoms with E-state index in [-0.39, 0.29) is 29.0 Å². The molecular formula is C28H29FN6O7S. The van der Waals surface area contributed by atoms with Crippen LogP contribution in [-0.2, 0) is 22.2 Å². The molecule has 0 bridgehead atoms. The van der Waals surface area contributed by atoms with Crippen LogP contribution in [0.2, 0.25) is 0 Å². The van der Waals surface area contributed by atoms with E-state index in [1.807, 2.05) is 6.92 Å². The molecule has 4 rings (SSSR count). The first-order chi connectivity index (χ1) is 20.1. The van der Waals surface area contributed by atoms with Crippen LogP contribution in [-0.4, -0.2) is 45.5 Å². The van der Waals surface area contributed by atoms with Gasteiger partial charge in [-0.15, -0.1) is 10.2 Å². The summed E-state index contributed by atoms with van der Waals surface area (Å²) in [5.41, 5.74) is 0.0320. The number of hydrogen-bond acceptors (Lipinski definition) is 11. The van der Waals surface area contributed by atoms with Crippen molar-refractivity contribution in [3.8, 4) is 11.6 Å². The van der Waals surface area contributed by atoms with E-state index >= 15 is 0 Å². The van der Waals surface area contributed by atoms with E-state index in [0.29, 0.717) is 16.7 Å². The van der Waals surface area contributed by atoms with Gasteiger partial charge in [0.1, 0.15) is 10.7 Å². The molecule has 43 heavy (non-hydrogen) atoms. The van der Waals surface area contributed by atoms with Crippen molar-refractivity contribution in [3.05, 3.63) is 87.8 Å². The van der Waals surface area contributed by atoms with E-state index in [4.69, 9.17) is 8.60 Å². The molecule has 0 aliphatic carbocycles. The number of benzene rings is 2. The molecule has 2 aromatic carbocycles. The van der Waals surface area contributed by atoms with Gasteiger partial charge in [-0.1, -0.05) is 29.8 Å². The third-order valence-corrected chi connectivity index (χ3v) is 7.70. The van der Waals surface area contributed by atoms with Crippen LogP contribution in [0.1, 0.15) is 69.0 Å². The molecule has 226 valence electrons.